The summed E-state index contributed by atoms with van der Waals surface area (Å²) >= 11 is 0. The molecule has 28 heavy (non-hydrogen) atoms. The number of fused-ring (bicyclic) bond motifs is 1. The van der Waals surface area contributed by atoms with Gasteiger partial charge in [-0.05, 0) is 18.6 Å². The highest BCUT2D eigenvalue weighted by Gasteiger charge is 2.27. The lowest BCUT2D eigenvalue weighted by molar-refractivity contribution is 0.180. The minimum absolute atomic E-state index is 0.305. The summed E-state index contributed by atoms with van der Waals surface area (Å²) in [4.78, 5) is 8.71. The summed E-state index contributed by atoms with van der Waals surface area (Å²) in [5.41, 5.74) is 3.18. The molecule has 2 aliphatic heterocycles. The van der Waals surface area contributed by atoms with Crippen LogP contribution in [0.25, 0.3) is 5.57 Å². The van der Waals surface area contributed by atoms with Crippen LogP contribution in [0.1, 0.15) is 23.2 Å². The zero-order chi connectivity index (χ0) is 19.7. The van der Waals surface area contributed by atoms with Crippen LogP contribution in [-0.4, -0.2) is 47.9 Å². The lowest BCUT2D eigenvalue weighted by Gasteiger charge is -2.17. The van der Waals surface area contributed by atoms with Crippen molar-refractivity contribution in [2.75, 3.05) is 37.4 Å². The lowest BCUT2D eigenvalue weighted by Crippen LogP contribution is -2.24. The molecular weight excluding hydrogens is 361 g/mol. The number of benzene rings is 1. The van der Waals surface area contributed by atoms with E-state index in [0.717, 1.165) is 16.8 Å². The fourth-order valence-electron chi connectivity index (χ4n) is 3.62. The number of nitrogens with one attached hydrogen (secondary N) is 3. The average Bonchev–Trinajstić information content (AvgIpc) is 3.01. The quantitative estimate of drug-likeness (QED) is 0.642. The van der Waals surface area contributed by atoms with Crippen molar-refractivity contribution in [2.24, 2.45) is 0 Å². The van der Waals surface area contributed by atoms with Crippen molar-refractivity contribution in [3.8, 4) is 5.75 Å². The Kier molecular flexibility index (Phi) is 5.15. The molecule has 3 heterocycles. The largest absolute Gasteiger partial charge is 0.492 e. The number of anilines is 3. The Balaban J connectivity index is 1.77. The molecule has 0 fully saturated rings. The molecule has 0 amide bonds. The normalized spacial score (nSPS) is 18.7. The number of β-amino-alcohol motifs (C(OH)–C–C–N with tert-alkyl or cyclic N) is 1. The first-order valence-electron chi connectivity index (χ1n) is 9.42. The molecule has 0 radical (unpaired) electrons. The van der Waals surface area contributed by atoms with Crippen molar-refractivity contribution in [2.45, 2.75) is 25.9 Å². The third-order valence-corrected chi connectivity index (χ3v) is 4.92. The lowest BCUT2D eigenvalue weighted by atomic mass is 9.95. The van der Waals surface area contributed by atoms with Gasteiger partial charge in [-0.3, -0.25) is 0 Å². The number of rotatable bonds is 4. The van der Waals surface area contributed by atoms with Crippen LogP contribution >= 0.6 is 0 Å². The first-order valence-corrected chi connectivity index (χ1v) is 9.42. The van der Waals surface area contributed by atoms with Crippen LogP contribution in [-0.2, 0) is 6.42 Å². The van der Waals surface area contributed by atoms with Crippen molar-refractivity contribution in [3.63, 3.8) is 0 Å². The molecule has 0 spiro atoms. The van der Waals surface area contributed by atoms with Gasteiger partial charge in [-0.1, -0.05) is 6.08 Å². The van der Waals surface area contributed by atoms with Crippen molar-refractivity contribution in [3.05, 3.63) is 40.8 Å². The number of halogens is 1. The van der Waals surface area contributed by atoms with E-state index in [2.05, 4.69) is 25.9 Å². The van der Waals surface area contributed by atoms with Gasteiger partial charge in [-0.25, -0.2) is 9.37 Å². The fraction of sp³-hybridized carbons (Fsp3) is 0.400. The van der Waals surface area contributed by atoms with Crippen LogP contribution in [0.3, 0.4) is 0 Å². The number of hydrogen-bond acceptors (Lipinski definition) is 7. The minimum Gasteiger partial charge on any atom is -0.492 e. The highest BCUT2D eigenvalue weighted by molar-refractivity contribution is 5.78. The van der Waals surface area contributed by atoms with E-state index < -0.39 is 11.9 Å². The van der Waals surface area contributed by atoms with Gasteiger partial charge in [0.2, 0.25) is 5.95 Å². The Labute approximate surface area is 163 Å². The van der Waals surface area contributed by atoms with Gasteiger partial charge in [0.1, 0.15) is 11.6 Å². The van der Waals surface area contributed by atoms with Crippen molar-refractivity contribution in [1.82, 2.24) is 15.3 Å². The molecule has 4 N–H and O–H groups in total. The predicted octanol–water partition coefficient (Wildman–Crippen LogP) is 2.38. The fourth-order valence-corrected chi connectivity index (χ4v) is 3.62. The van der Waals surface area contributed by atoms with Crippen LogP contribution < -0.4 is 20.7 Å². The molecule has 0 saturated heterocycles. The Bertz CT molecular complexity index is 931. The van der Waals surface area contributed by atoms with Crippen molar-refractivity contribution < 1.29 is 14.2 Å². The number of aliphatic hydroxyl groups is 1. The number of aryl methyl sites for hydroxylation is 1. The zero-order valence-electron chi connectivity index (χ0n) is 16.0. The Morgan fingerprint density at radius 3 is 3.00 bits per heavy atom. The topological polar surface area (TPSA) is 91.3 Å². The van der Waals surface area contributed by atoms with Gasteiger partial charge in [0.05, 0.1) is 24.0 Å². The second-order valence-corrected chi connectivity index (χ2v) is 7.04. The number of ether oxygens (including phenoxy) is 1. The molecule has 2 aromatic rings. The van der Waals surface area contributed by atoms with E-state index >= 15 is 4.39 Å². The van der Waals surface area contributed by atoms with E-state index in [4.69, 9.17) is 4.74 Å². The molecule has 0 aliphatic carbocycles. The van der Waals surface area contributed by atoms with E-state index in [1.54, 1.807) is 13.1 Å². The molecule has 4 rings (SSSR count). The molecule has 8 heteroatoms. The number of aromatic nitrogens is 2. The van der Waals surface area contributed by atoms with Gasteiger partial charge in [0.25, 0.3) is 0 Å². The summed E-state index contributed by atoms with van der Waals surface area (Å²) < 4.78 is 21.3. The summed E-state index contributed by atoms with van der Waals surface area (Å²) in [5.74, 6) is 1.13. The molecule has 0 unspecified atom stereocenters. The van der Waals surface area contributed by atoms with E-state index in [9.17, 15) is 5.11 Å². The highest BCUT2D eigenvalue weighted by atomic mass is 19.1. The average molecular weight is 385 g/mol. The Morgan fingerprint density at radius 2 is 2.18 bits per heavy atom. The molecule has 7 nitrogen and oxygen atoms in total. The van der Waals surface area contributed by atoms with E-state index in [-0.39, 0.29) is 0 Å². The standard InChI is InChI=1S/C20H24FN5O2/c1-11-7-16(22-2)26-20(24-11)25-15-9-13-4-6-28-19(13)17(18(15)21)12-3-5-23-10-14(27)8-12/h3,7,9,14,23,27H,4-6,8,10H2,1-2H3,(H2,22,24,25,26)/t14-/m1/s1. The maximum absolute atomic E-state index is 15.6. The van der Waals surface area contributed by atoms with Crippen LogP contribution in [0.2, 0.25) is 0 Å². The van der Waals surface area contributed by atoms with E-state index in [1.165, 1.54) is 0 Å². The monoisotopic (exact) mass is 385 g/mol. The maximum Gasteiger partial charge on any atom is 0.229 e. The molecular formula is C20H24FN5O2. The van der Waals surface area contributed by atoms with E-state index in [0.29, 0.717) is 61.3 Å². The molecule has 1 atom stereocenters. The summed E-state index contributed by atoms with van der Waals surface area (Å²) in [5, 5.41) is 19.3. The molecule has 1 aromatic heterocycles. The molecule has 2 aliphatic rings. The number of nitrogens with zero attached hydrogens (tertiary/aromatic N) is 2. The van der Waals surface area contributed by atoms with Gasteiger partial charge in [0.15, 0.2) is 5.82 Å². The van der Waals surface area contributed by atoms with Crippen LogP contribution in [0, 0.1) is 12.7 Å². The Morgan fingerprint density at radius 1 is 1.32 bits per heavy atom. The third-order valence-electron chi connectivity index (χ3n) is 4.92. The second kappa shape index (κ2) is 7.73. The first-order chi connectivity index (χ1) is 13.5. The van der Waals surface area contributed by atoms with Gasteiger partial charge in [-0.2, -0.15) is 4.98 Å². The van der Waals surface area contributed by atoms with Crippen molar-refractivity contribution >= 4 is 23.0 Å². The third kappa shape index (κ3) is 3.65. The van der Waals surface area contributed by atoms with Crippen LogP contribution in [0.4, 0.5) is 21.8 Å². The minimum atomic E-state index is -0.569. The van der Waals surface area contributed by atoms with Gasteiger partial charge in [-0.15, -0.1) is 0 Å². The smallest absolute Gasteiger partial charge is 0.229 e. The molecule has 148 valence electrons. The van der Waals surface area contributed by atoms with Crippen LogP contribution in [0.5, 0.6) is 5.75 Å². The van der Waals surface area contributed by atoms with Gasteiger partial charge in [0, 0.05) is 50.3 Å². The molecule has 1 aromatic carbocycles. The SMILES string of the molecule is CNc1cc(C)nc(Nc2cc3c(c(C4=CCNC[C@H](O)C4)c2F)OCC3)n1. The summed E-state index contributed by atoms with van der Waals surface area (Å²) in [6, 6.07) is 3.58. The summed E-state index contributed by atoms with van der Waals surface area (Å²) in [6.07, 6.45) is 2.43. The van der Waals surface area contributed by atoms with Crippen molar-refractivity contribution in [1.29, 1.82) is 0 Å². The predicted molar refractivity (Wildman–Crippen MR) is 107 cm³/mol. The zero-order valence-corrected chi connectivity index (χ0v) is 16.0. The van der Waals surface area contributed by atoms with Gasteiger partial charge < -0.3 is 25.8 Å². The van der Waals surface area contributed by atoms with Gasteiger partial charge >= 0.3 is 0 Å². The first kappa shape index (κ1) is 18.6. The second-order valence-electron chi connectivity index (χ2n) is 7.04. The number of aliphatic hydroxyl groups excluding tert-OH is 1. The maximum atomic E-state index is 15.6. The highest BCUT2D eigenvalue weighted by Crippen LogP contribution is 2.41. The molecule has 0 saturated carbocycles. The van der Waals surface area contributed by atoms with Crippen LogP contribution in [0.15, 0.2) is 18.2 Å². The number of hydrogen-bond donors (Lipinski definition) is 4. The Hall–Kier alpha value is -2.71. The summed E-state index contributed by atoms with van der Waals surface area (Å²) in [7, 11) is 1.77. The summed E-state index contributed by atoms with van der Waals surface area (Å²) in [6.45, 7) is 3.43. The molecule has 0 bridgehead atoms. The van der Waals surface area contributed by atoms with E-state index in [1.807, 2.05) is 19.1 Å².